The highest BCUT2D eigenvalue weighted by molar-refractivity contribution is 5.24. The maximum absolute atomic E-state index is 2.38. The van der Waals surface area contributed by atoms with Gasteiger partial charge in [-0.05, 0) is 124 Å². The molecule has 0 atom stereocenters. The predicted molar refractivity (Wildman–Crippen MR) is 181 cm³/mol. The summed E-state index contributed by atoms with van der Waals surface area (Å²) in [6.07, 6.45) is 31.6. The standard InChI is InChI=1S/C22H34.C17H32.4H2/c1-3-4-18-7-11-20(12-8-18)22-15-13-21(14-16-22)19-9-5-17(2)6-10-19;1-3-5-15-8-12-17(13-9-15)16-10-6-14(4-2)7-11-16;;;;/h5-6,9-10,18,20-22H,3-4,7-8,11-16H2,1-2H3;14-17H,3-13H2,1-2H3;4*1H. The average molecular weight is 543 g/mol. The van der Waals surface area contributed by atoms with Crippen LogP contribution < -0.4 is 0 Å². The zero-order valence-electron chi connectivity index (χ0n) is 26.8. The van der Waals surface area contributed by atoms with Crippen LogP contribution in [0.5, 0.6) is 0 Å². The molecule has 0 aliphatic heterocycles. The monoisotopic (exact) mass is 543 g/mol. The van der Waals surface area contributed by atoms with Crippen molar-refractivity contribution < 1.29 is 5.71 Å². The second-order valence-electron chi connectivity index (χ2n) is 14.9. The third-order valence-corrected chi connectivity index (χ3v) is 12.3. The molecule has 0 heterocycles. The molecule has 39 heavy (non-hydrogen) atoms. The third kappa shape index (κ3) is 9.64. The van der Waals surface area contributed by atoms with E-state index in [0.717, 1.165) is 47.3 Å². The number of hydrogen-bond acceptors (Lipinski definition) is 0. The lowest BCUT2D eigenvalue weighted by Crippen LogP contribution is -2.25. The Morgan fingerprint density at radius 1 is 0.487 bits per heavy atom. The molecule has 4 saturated carbocycles. The molecule has 4 aliphatic rings. The predicted octanol–water partition coefficient (Wildman–Crippen LogP) is 13.7. The van der Waals surface area contributed by atoms with Crippen molar-refractivity contribution in [3.05, 3.63) is 35.4 Å². The molecular formula is C39H74. The molecule has 0 saturated heterocycles. The van der Waals surface area contributed by atoms with Crippen LogP contribution >= 0.6 is 0 Å². The topological polar surface area (TPSA) is 0 Å². The van der Waals surface area contributed by atoms with Gasteiger partial charge in [0.15, 0.2) is 0 Å². The minimum absolute atomic E-state index is 0. The van der Waals surface area contributed by atoms with Crippen LogP contribution in [0.1, 0.15) is 178 Å². The highest BCUT2D eigenvalue weighted by Crippen LogP contribution is 2.45. The molecule has 0 amide bonds. The van der Waals surface area contributed by atoms with Crippen molar-refractivity contribution in [1.29, 1.82) is 0 Å². The van der Waals surface area contributed by atoms with Gasteiger partial charge in [-0.2, -0.15) is 0 Å². The van der Waals surface area contributed by atoms with Crippen LogP contribution in [0.25, 0.3) is 0 Å². The largest absolute Gasteiger partial charge is 0.0654 e. The van der Waals surface area contributed by atoms with Crippen molar-refractivity contribution in [3.8, 4) is 0 Å². The van der Waals surface area contributed by atoms with E-state index in [1.807, 2.05) is 0 Å². The summed E-state index contributed by atoms with van der Waals surface area (Å²) < 4.78 is 0. The van der Waals surface area contributed by atoms with Gasteiger partial charge in [0, 0.05) is 5.71 Å². The van der Waals surface area contributed by atoms with Gasteiger partial charge in [-0.3, -0.25) is 0 Å². The SMILES string of the molecule is CCCC1CCC(C2CCC(CC)CC2)CC1.CCCC1CCC(C2CCC(c3ccc(C)cc3)CC2)CC1.[HH].[HH].[HH].[HH]. The first-order chi connectivity index (χ1) is 19.1. The highest BCUT2D eigenvalue weighted by atomic mass is 14.4. The Bertz CT molecular complexity index is 763. The van der Waals surface area contributed by atoms with Gasteiger partial charge in [-0.1, -0.05) is 121 Å². The van der Waals surface area contributed by atoms with Crippen LogP contribution in [0, 0.1) is 48.3 Å². The molecule has 0 unspecified atom stereocenters. The Kier molecular flexibility index (Phi) is 13.3. The van der Waals surface area contributed by atoms with E-state index in [1.54, 1.807) is 44.1 Å². The lowest BCUT2D eigenvalue weighted by Gasteiger charge is -2.38. The molecule has 0 bridgehead atoms. The molecule has 1 aromatic rings. The summed E-state index contributed by atoms with van der Waals surface area (Å²) in [7, 11) is 0. The van der Waals surface area contributed by atoms with Gasteiger partial charge in [-0.15, -0.1) is 0 Å². The smallest absolute Gasteiger partial charge is 0 e. The first kappa shape index (κ1) is 31.2. The minimum atomic E-state index is 0. The van der Waals surface area contributed by atoms with Gasteiger partial charge < -0.3 is 0 Å². The molecule has 5 rings (SSSR count). The summed E-state index contributed by atoms with van der Waals surface area (Å²) in [5.74, 6) is 8.39. The van der Waals surface area contributed by atoms with Crippen molar-refractivity contribution >= 4 is 0 Å². The molecule has 1 aromatic carbocycles. The summed E-state index contributed by atoms with van der Waals surface area (Å²) in [4.78, 5) is 0. The molecular weight excluding hydrogens is 468 g/mol. The maximum atomic E-state index is 2.38. The van der Waals surface area contributed by atoms with Gasteiger partial charge >= 0.3 is 0 Å². The Morgan fingerprint density at radius 2 is 0.846 bits per heavy atom. The van der Waals surface area contributed by atoms with Crippen LogP contribution in [-0.2, 0) is 0 Å². The number of hydrogen-bond donors (Lipinski definition) is 0. The van der Waals surface area contributed by atoms with Gasteiger partial charge in [0.05, 0.1) is 0 Å². The van der Waals surface area contributed by atoms with Crippen molar-refractivity contribution in [3.63, 3.8) is 0 Å². The minimum Gasteiger partial charge on any atom is -0.0654 e. The number of aryl methyl sites for hydroxylation is 1. The van der Waals surface area contributed by atoms with E-state index in [0.29, 0.717) is 0 Å². The van der Waals surface area contributed by atoms with Crippen molar-refractivity contribution in [1.82, 2.24) is 0 Å². The Labute approximate surface area is 250 Å². The molecule has 0 N–H and O–H groups in total. The molecule has 230 valence electrons. The summed E-state index contributed by atoms with van der Waals surface area (Å²) in [5.41, 5.74) is 2.98. The quantitative estimate of drug-likeness (QED) is 0.306. The van der Waals surface area contributed by atoms with Gasteiger partial charge in [0.25, 0.3) is 0 Å². The normalized spacial score (nSPS) is 35.6. The number of rotatable bonds is 8. The molecule has 0 radical (unpaired) electrons. The number of benzene rings is 1. The summed E-state index contributed by atoms with van der Waals surface area (Å²) in [5, 5.41) is 0. The van der Waals surface area contributed by atoms with E-state index >= 15 is 0 Å². The zero-order valence-corrected chi connectivity index (χ0v) is 26.8. The fourth-order valence-electron chi connectivity index (χ4n) is 9.54. The van der Waals surface area contributed by atoms with Crippen LogP contribution in [0.2, 0.25) is 0 Å². The van der Waals surface area contributed by atoms with E-state index in [2.05, 4.69) is 52.0 Å². The van der Waals surface area contributed by atoms with E-state index in [4.69, 9.17) is 0 Å². The zero-order chi connectivity index (χ0) is 27.5. The Balaban J connectivity index is 0.000000771. The van der Waals surface area contributed by atoms with Crippen LogP contribution in [0.15, 0.2) is 24.3 Å². The van der Waals surface area contributed by atoms with Crippen LogP contribution in [-0.4, -0.2) is 0 Å². The molecule has 0 spiro atoms. The average Bonchev–Trinajstić information content (AvgIpc) is 2.99. The fraction of sp³-hybridized carbons (Fsp3) is 0.846. The molecule has 4 fully saturated rings. The van der Waals surface area contributed by atoms with E-state index in [-0.39, 0.29) is 5.71 Å². The van der Waals surface area contributed by atoms with E-state index < -0.39 is 0 Å². The first-order valence-corrected chi connectivity index (χ1v) is 18.2. The van der Waals surface area contributed by atoms with Gasteiger partial charge in [0.1, 0.15) is 0 Å². The molecule has 0 nitrogen and oxygen atoms in total. The summed E-state index contributed by atoms with van der Waals surface area (Å²) in [6.45, 7) is 9.26. The van der Waals surface area contributed by atoms with Crippen molar-refractivity contribution in [2.75, 3.05) is 0 Å². The van der Waals surface area contributed by atoms with Crippen LogP contribution in [0.4, 0.5) is 0 Å². The van der Waals surface area contributed by atoms with Crippen LogP contribution in [0.3, 0.4) is 0 Å². The Hall–Kier alpha value is -0.780. The van der Waals surface area contributed by atoms with E-state index in [9.17, 15) is 0 Å². The fourth-order valence-corrected chi connectivity index (χ4v) is 9.54. The first-order valence-electron chi connectivity index (χ1n) is 18.2. The Morgan fingerprint density at radius 3 is 1.21 bits per heavy atom. The molecule has 0 aromatic heterocycles. The molecule has 4 aliphatic carbocycles. The highest BCUT2D eigenvalue weighted by Gasteiger charge is 2.32. The second-order valence-corrected chi connectivity index (χ2v) is 14.9. The van der Waals surface area contributed by atoms with E-state index in [1.165, 1.54) is 102 Å². The summed E-state index contributed by atoms with van der Waals surface area (Å²) in [6, 6.07) is 9.32. The molecule has 0 heteroatoms. The van der Waals surface area contributed by atoms with Crippen molar-refractivity contribution in [2.24, 2.45) is 41.4 Å². The third-order valence-electron chi connectivity index (χ3n) is 12.3. The lowest BCUT2D eigenvalue weighted by molar-refractivity contribution is 0.142. The maximum Gasteiger partial charge on any atom is 0 e. The van der Waals surface area contributed by atoms with Crippen molar-refractivity contribution in [2.45, 2.75) is 168 Å². The van der Waals surface area contributed by atoms with Gasteiger partial charge in [0.2, 0.25) is 0 Å². The second kappa shape index (κ2) is 16.6. The van der Waals surface area contributed by atoms with Gasteiger partial charge in [-0.25, -0.2) is 0 Å². The lowest BCUT2D eigenvalue weighted by atomic mass is 9.68. The summed E-state index contributed by atoms with van der Waals surface area (Å²) >= 11 is 0.